The van der Waals surface area contributed by atoms with Gasteiger partial charge in [0.05, 0.1) is 19.1 Å². The second-order valence-electron chi connectivity index (χ2n) is 6.17. The van der Waals surface area contributed by atoms with Gasteiger partial charge in [0.15, 0.2) is 0 Å². The topological polar surface area (TPSA) is 75.5 Å². The minimum Gasteiger partial charge on any atom is -0.467 e. The fourth-order valence-electron chi connectivity index (χ4n) is 3.73. The molecule has 0 fully saturated rings. The van der Waals surface area contributed by atoms with E-state index in [9.17, 15) is 9.59 Å². The Bertz CT molecular complexity index is 987. The van der Waals surface area contributed by atoms with Gasteiger partial charge < -0.3 is 19.0 Å². The highest BCUT2D eigenvalue weighted by Crippen LogP contribution is 2.41. The lowest BCUT2D eigenvalue weighted by Crippen LogP contribution is -2.51. The lowest BCUT2D eigenvalue weighted by atomic mass is 9.90. The fraction of sp³-hybridized carbons (Fsp3) is 0.200. The Balaban J connectivity index is 1.98. The number of furan rings is 1. The summed E-state index contributed by atoms with van der Waals surface area (Å²) in [4.78, 5) is 30.0. The van der Waals surface area contributed by atoms with Crippen LogP contribution in [-0.2, 0) is 20.7 Å². The molecular weight excluding hydrogens is 332 g/mol. The Kier molecular flexibility index (Phi) is 3.88. The largest absolute Gasteiger partial charge is 0.467 e. The predicted octanol–water partition coefficient (Wildman–Crippen LogP) is 2.96. The van der Waals surface area contributed by atoms with Crippen LogP contribution >= 0.6 is 0 Å². The molecule has 0 spiro atoms. The molecule has 1 aliphatic heterocycles. The molecule has 3 aromatic rings. The minimum atomic E-state index is -0.757. The van der Waals surface area contributed by atoms with Crippen LogP contribution in [0.3, 0.4) is 0 Å². The van der Waals surface area contributed by atoms with E-state index in [4.69, 9.17) is 9.15 Å². The van der Waals surface area contributed by atoms with Crippen molar-refractivity contribution in [1.82, 2.24) is 9.88 Å². The molecule has 0 saturated carbocycles. The third kappa shape index (κ3) is 2.34. The second kappa shape index (κ2) is 6.22. The van der Waals surface area contributed by atoms with Crippen LogP contribution in [0.5, 0.6) is 0 Å². The van der Waals surface area contributed by atoms with Crippen LogP contribution in [-0.4, -0.2) is 34.9 Å². The van der Waals surface area contributed by atoms with Crippen LogP contribution in [0.1, 0.15) is 23.1 Å². The Morgan fingerprint density at radius 1 is 1.31 bits per heavy atom. The van der Waals surface area contributed by atoms with E-state index in [1.54, 1.807) is 18.4 Å². The molecule has 1 N–H and O–H groups in total. The Morgan fingerprint density at radius 2 is 2.12 bits per heavy atom. The third-order valence-electron chi connectivity index (χ3n) is 4.85. The third-order valence-corrected chi connectivity index (χ3v) is 4.85. The average molecular weight is 350 g/mol. The summed E-state index contributed by atoms with van der Waals surface area (Å²) in [7, 11) is 1.32. The summed E-state index contributed by atoms with van der Waals surface area (Å²) in [6, 6.07) is 10.1. The van der Waals surface area contributed by atoms with E-state index < -0.39 is 18.1 Å². The molecule has 6 nitrogen and oxygen atoms in total. The van der Waals surface area contributed by atoms with E-state index in [1.165, 1.54) is 18.1 Å². The first kappa shape index (κ1) is 16.2. The zero-order chi connectivity index (χ0) is 18.3. The Hall–Kier alpha value is -3.28. The van der Waals surface area contributed by atoms with E-state index in [-0.39, 0.29) is 5.91 Å². The highest BCUT2D eigenvalue weighted by Gasteiger charge is 2.44. The van der Waals surface area contributed by atoms with Crippen molar-refractivity contribution < 1.29 is 18.7 Å². The summed E-state index contributed by atoms with van der Waals surface area (Å²) in [6.07, 6.45) is 3.12. The number of fused-ring (bicyclic) bond motifs is 3. The van der Waals surface area contributed by atoms with Gasteiger partial charge in [-0.1, -0.05) is 24.8 Å². The first-order chi connectivity index (χ1) is 12.7. The summed E-state index contributed by atoms with van der Waals surface area (Å²) >= 11 is 0. The number of amides is 1. The highest BCUT2D eigenvalue weighted by atomic mass is 16.5. The van der Waals surface area contributed by atoms with Gasteiger partial charge in [-0.15, -0.1) is 0 Å². The molecule has 4 rings (SSSR count). The second-order valence-corrected chi connectivity index (χ2v) is 6.17. The van der Waals surface area contributed by atoms with Gasteiger partial charge in [0, 0.05) is 17.3 Å². The molecule has 132 valence electrons. The predicted molar refractivity (Wildman–Crippen MR) is 95.4 cm³/mol. The number of nitrogens with one attached hydrogen (secondary N) is 1. The van der Waals surface area contributed by atoms with Gasteiger partial charge >= 0.3 is 5.97 Å². The van der Waals surface area contributed by atoms with Gasteiger partial charge in [0.1, 0.15) is 17.8 Å². The lowest BCUT2D eigenvalue weighted by Gasteiger charge is -2.39. The molecule has 1 aliphatic rings. The summed E-state index contributed by atoms with van der Waals surface area (Å²) in [6.45, 7) is 3.59. The molecule has 0 radical (unpaired) electrons. The molecule has 1 amide bonds. The van der Waals surface area contributed by atoms with Crippen LogP contribution in [0.2, 0.25) is 0 Å². The number of esters is 1. The van der Waals surface area contributed by atoms with E-state index >= 15 is 0 Å². The molecular formula is C20H18N2O4. The minimum absolute atomic E-state index is 0.355. The monoisotopic (exact) mass is 350 g/mol. The molecule has 0 unspecified atom stereocenters. The first-order valence-electron chi connectivity index (χ1n) is 8.31. The normalized spacial score (nSPS) is 19.2. The van der Waals surface area contributed by atoms with Gasteiger partial charge in [-0.2, -0.15) is 0 Å². The van der Waals surface area contributed by atoms with E-state index in [0.717, 1.165) is 22.2 Å². The molecule has 6 heteroatoms. The standard InChI is InChI=1S/C20H18N2O4/c1-3-17(23)22-15(20(24)25-2)11-13-12-7-4-5-8-14(12)21-18(13)19(22)16-9-6-10-26-16/h3-10,15,19,21H,1,11H2,2H3/t15-,19-/m1/s1. The number of carbonyl (C=O) groups is 2. The SMILES string of the molecule is C=CC(=O)N1[C@H](c2ccco2)c2[nH]c3ccccc3c2C[C@@H]1C(=O)OC. The summed E-state index contributed by atoms with van der Waals surface area (Å²) in [5.41, 5.74) is 2.78. The van der Waals surface area contributed by atoms with Crippen LogP contribution < -0.4 is 0 Å². The zero-order valence-corrected chi connectivity index (χ0v) is 14.3. The van der Waals surface area contributed by atoms with Crippen LogP contribution in [0.25, 0.3) is 10.9 Å². The van der Waals surface area contributed by atoms with Gasteiger partial charge in [-0.25, -0.2) is 4.79 Å². The fourth-order valence-corrected chi connectivity index (χ4v) is 3.73. The van der Waals surface area contributed by atoms with Crippen molar-refractivity contribution >= 4 is 22.8 Å². The summed E-state index contributed by atoms with van der Waals surface area (Å²) < 4.78 is 10.6. The number of H-pyrrole nitrogens is 1. The van der Waals surface area contributed by atoms with Crippen LogP contribution in [0.4, 0.5) is 0 Å². The van der Waals surface area contributed by atoms with Crippen molar-refractivity contribution in [1.29, 1.82) is 0 Å². The number of hydrogen-bond acceptors (Lipinski definition) is 4. The number of aromatic amines is 1. The Morgan fingerprint density at radius 3 is 2.81 bits per heavy atom. The van der Waals surface area contributed by atoms with Crippen molar-refractivity contribution in [2.75, 3.05) is 7.11 Å². The van der Waals surface area contributed by atoms with Crippen molar-refractivity contribution in [3.8, 4) is 0 Å². The molecule has 0 bridgehead atoms. The number of para-hydroxylation sites is 1. The van der Waals surface area contributed by atoms with Crippen molar-refractivity contribution in [2.45, 2.75) is 18.5 Å². The molecule has 0 aliphatic carbocycles. The number of methoxy groups -OCH3 is 1. The van der Waals surface area contributed by atoms with E-state index in [0.29, 0.717) is 12.2 Å². The first-order valence-corrected chi connectivity index (χ1v) is 8.31. The maximum absolute atomic E-state index is 12.7. The number of nitrogens with zero attached hydrogens (tertiary/aromatic N) is 1. The van der Waals surface area contributed by atoms with Gasteiger partial charge in [0.25, 0.3) is 0 Å². The molecule has 2 atom stereocenters. The van der Waals surface area contributed by atoms with Gasteiger partial charge in [-0.05, 0) is 29.8 Å². The van der Waals surface area contributed by atoms with E-state index in [2.05, 4.69) is 11.6 Å². The average Bonchev–Trinajstić information content (AvgIpc) is 3.33. The molecule has 0 saturated heterocycles. The van der Waals surface area contributed by atoms with E-state index in [1.807, 2.05) is 24.3 Å². The summed E-state index contributed by atoms with van der Waals surface area (Å²) in [5, 5.41) is 1.03. The molecule has 3 heterocycles. The zero-order valence-electron chi connectivity index (χ0n) is 14.3. The maximum Gasteiger partial charge on any atom is 0.328 e. The number of ether oxygens (including phenoxy) is 1. The smallest absolute Gasteiger partial charge is 0.328 e. The van der Waals surface area contributed by atoms with Gasteiger partial charge in [-0.3, -0.25) is 4.79 Å². The summed E-state index contributed by atoms with van der Waals surface area (Å²) in [5.74, 6) is -0.250. The number of aromatic nitrogens is 1. The van der Waals surface area contributed by atoms with Crippen molar-refractivity contribution in [3.63, 3.8) is 0 Å². The number of carbonyl (C=O) groups excluding carboxylic acids is 2. The molecule has 1 aromatic carbocycles. The number of hydrogen-bond donors (Lipinski definition) is 1. The Labute approximate surface area is 150 Å². The van der Waals surface area contributed by atoms with Crippen molar-refractivity contribution in [3.05, 3.63) is 72.3 Å². The molecule has 2 aromatic heterocycles. The number of benzene rings is 1. The van der Waals surface area contributed by atoms with Crippen molar-refractivity contribution in [2.24, 2.45) is 0 Å². The number of rotatable bonds is 3. The quantitative estimate of drug-likeness (QED) is 0.582. The lowest BCUT2D eigenvalue weighted by molar-refractivity contribution is -0.153. The van der Waals surface area contributed by atoms with Gasteiger partial charge in [0.2, 0.25) is 5.91 Å². The molecule has 26 heavy (non-hydrogen) atoms. The highest BCUT2D eigenvalue weighted by molar-refractivity contribution is 5.94. The van der Waals surface area contributed by atoms with Crippen LogP contribution in [0, 0.1) is 0 Å². The maximum atomic E-state index is 12.7. The van der Waals surface area contributed by atoms with Crippen LogP contribution in [0.15, 0.2) is 59.7 Å².